The maximum atomic E-state index is 11.3. The highest BCUT2D eigenvalue weighted by Crippen LogP contribution is 2.33. The lowest BCUT2D eigenvalue weighted by Crippen LogP contribution is -1.99. The van der Waals surface area contributed by atoms with Crippen LogP contribution in [0.2, 0.25) is 0 Å². The number of nitro groups is 1. The van der Waals surface area contributed by atoms with Crippen molar-refractivity contribution in [2.75, 3.05) is 7.11 Å². The van der Waals surface area contributed by atoms with Crippen LogP contribution in [0.3, 0.4) is 0 Å². The Labute approximate surface area is 179 Å². The summed E-state index contributed by atoms with van der Waals surface area (Å²) in [4.78, 5) is 19.6. The van der Waals surface area contributed by atoms with E-state index in [1.807, 2.05) is 60.7 Å². The molecule has 0 fully saturated rings. The number of nitro benzene ring substituents is 1. The zero-order chi connectivity index (χ0) is 21.6. The van der Waals surface area contributed by atoms with E-state index in [0.29, 0.717) is 17.9 Å². The Balaban J connectivity index is 1.63. The largest absolute Gasteiger partial charge is 0.490 e. The predicted molar refractivity (Wildman–Crippen MR) is 116 cm³/mol. The molecule has 3 aromatic carbocycles. The van der Waals surface area contributed by atoms with Gasteiger partial charge in [-0.25, -0.2) is 9.97 Å². The Bertz CT molecular complexity index is 1210. The number of rotatable bonds is 7. The van der Waals surface area contributed by atoms with E-state index in [4.69, 9.17) is 9.47 Å². The molecule has 1 heterocycles. The van der Waals surface area contributed by atoms with E-state index in [1.165, 1.54) is 19.5 Å². The highest BCUT2D eigenvalue weighted by molar-refractivity contribution is 5.67. The number of hydrogen-bond acceptors (Lipinski definition) is 6. The number of para-hydroxylation sites is 2. The molecule has 31 heavy (non-hydrogen) atoms. The SMILES string of the molecule is COc1ccc(Cc2cc(-c3ccccc3Oc3ccccc3)ncn2)cc1[N+](=O)[O-]. The van der Waals surface area contributed by atoms with Crippen LogP contribution >= 0.6 is 0 Å². The quantitative estimate of drug-likeness (QED) is 0.296. The second-order valence-electron chi connectivity index (χ2n) is 6.75. The average Bonchev–Trinajstić information content (AvgIpc) is 2.80. The minimum Gasteiger partial charge on any atom is -0.490 e. The number of aromatic nitrogens is 2. The summed E-state index contributed by atoms with van der Waals surface area (Å²) in [7, 11) is 1.41. The van der Waals surface area contributed by atoms with E-state index in [0.717, 1.165) is 22.6 Å². The molecular weight excluding hydrogens is 394 g/mol. The molecule has 4 rings (SSSR count). The van der Waals surface area contributed by atoms with E-state index in [1.54, 1.807) is 12.1 Å². The van der Waals surface area contributed by atoms with Gasteiger partial charge in [0.15, 0.2) is 5.75 Å². The summed E-state index contributed by atoms with van der Waals surface area (Å²) in [6, 6.07) is 23.9. The van der Waals surface area contributed by atoms with E-state index in [9.17, 15) is 10.1 Å². The van der Waals surface area contributed by atoms with Gasteiger partial charge in [-0.05, 0) is 42.0 Å². The topological polar surface area (TPSA) is 87.4 Å². The fourth-order valence-corrected chi connectivity index (χ4v) is 3.22. The Morgan fingerprint density at radius 3 is 2.45 bits per heavy atom. The lowest BCUT2D eigenvalue weighted by Gasteiger charge is -2.11. The van der Waals surface area contributed by atoms with Crippen molar-refractivity contribution in [3.8, 4) is 28.5 Å². The van der Waals surface area contributed by atoms with Crippen molar-refractivity contribution in [1.29, 1.82) is 0 Å². The normalized spacial score (nSPS) is 10.5. The zero-order valence-corrected chi connectivity index (χ0v) is 16.8. The molecule has 0 radical (unpaired) electrons. The van der Waals surface area contributed by atoms with Gasteiger partial charge in [0, 0.05) is 23.7 Å². The third-order valence-corrected chi connectivity index (χ3v) is 4.68. The summed E-state index contributed by atoms with van der Waals surface area (Å²) in [5.74, 6) is 1.64. The minimum absolute atomic E-state index is 0.0733. The van der Waals surface area contributed by atoms with Crippen molar-refractivity contribution in [2.45, 2.75) is 6.42 Å². The van der Waals surface area contributed by atoms with Crippen LogP contribution in [0.15, 0.2) is 85.2 Å². The van der Waals surface area contributed by atoms with Crippen LogP contribution in [0.5, 0.6) is 17.2 Å². The van der Waals surface area contributed by atoms with Crippen LogP contribution in [0.4, 0.5) is 5.69 Å². The summed E-state index contributed by atoms with van der Waals surface area (Å²) in [5.41, 5.74) is 2.95. The average molecular weight is 413 g/mol. The van der Waals surface area contributed by atoms with Gasteiger partial charge in [-0.1, -0.05) is 36.4 Å². The van der Waals surface area contributed by atoms with E-state index in [2.05, 4.69) is 9.97 Å². The molecular formula is C24H19N3O4. The summed E-state index contributed by atoms with van der Waals surface area (Å²) in [5, 5.41) is 11.3. The van der Waals surface area contributed by atoms with E-state index >= 15 is 0 Å². The molecule has 0 saturated heterocycles. The Morgan fingerprint density at radius 1 is 0.903 bits per heavy atom. The zero-order valence-electron chi connectivity index (χ0n) is 16.8. The van der Waals surface area contributed by atoms with Crippen LogP contribution in [-0.2, 0) is 6.42 Å². The molecule has 0 saturated carbocycles. The Kier molecular flexibility index (Phi) is 5.84. The van der Waals surface area contributed by atoms with Gasteiger partial charge in [-0.15, -0.1) is 0 Å². The van der Waals surface area contributed by atoms with Gasteiger partial charge in [0.05, 0.1) is 17.7 Å². The number of benzene rings is 3. The maximum Gasteiger partial charge on any atom is 0.311 e. The highest BCUT2D eigenvalue weighted by atomic mass is 16.6. The molecule has 0 N–H and O–H groups in total. The number of ether oxygens (including phenoxy) is 2. The minimum atomic E-state index is -0.453. The third kappa shape index (κ3) is 4.67. The molecule has 0 aliphatic heterocycles. The van der Waals surface area contributed by atoms with Crippen LogP contribution in [0.25, 0.3) is 11.3 Å². The predicted octanol–water partition coefficient (Wildman–Crippen LogP) is 5.44. The van der Waals surface area contributed by atoms with Gasteiger partial charge >= 0.3 is 5.69 Å². The molecule has 0 atom stereocenters. The first-order valence-corrected chi connectivity index (χ1v) is 9.58. The van der Waals surface area contributed by atoms with E-state index < -0.39 is 4.92 Å². The van der Waals surface area contributed by atoms with Crippen LogP contribution in [-0.4, -0.2) is 22.0 Å². The lowest BCUT2D eigenvalue weighted by molar-refractivity contribution is -0.385. The van der Waals surface area contributed by atoms with Crippen LogP contribution < -0.4 is 9.47 Å². The van der Waals surface area contributed by atoms with Crippen molar-refractivity contribution in [3.63, 3.8) is 0 Å². The Hall–Kier alpha value is -4.26. The molecule has 0 bridgehead atoms. The molecule has 1 aromatic heterocycles. The number of nitrogens with zero attached hydrogens (tertiary/aromatic N) is 3. The van der Waals surface area contributed by atoms with Gasteiger partial charge in [-0.3, -0.25) is 10.1 Å². The fraction of sp³-hybridized carbons (Fsp3) is 0.0833. The van der Waals surface area contributed by atoms with Gasteiger partial charge in [-0.2, -0.15) is 0 Å². The number of methoxy groups -OCH3 is 1. The first-order chi connectivity index (χ1) is 15.1. The van der Waals surface area contributed by atoms with Gasteiger partial charge in [0.1, 0.15) is 17.8 Å². The second-order valence-corrected chi connectivity index (χ2v) is 6.75. The standard InChI is InChI=1S/C24H19N3O4/c1-30-24-12-11-17(14-22(24)27(28)29)13-18-15-21(26-16-25-18)20-9-5-6-10-23(20)31-19-7-3-2-4-8-19/h2-12,14-16H,13H2,1H3. The van der Waals surface area contributed by atoms with Crippen molar-refractivity contribution >= 4 is 5.69 Å². The maximum absolute atomic E-state index is 11.3. The smallest absolute Gasteiger partial charge is 0.311 e. The molecule has 0 amide bonds. The molecule has 0 unspecified atom stereocenters. The Morgan fingerprint density at radius 2 is 1.68 bits per heavy atom. The van der Waals surface area contributed by atoms with Crippen molar-refractivity contribution in [3.05, 3.63) is 107 Å². The van der Waals surface area contributed by atoms with Crippen LogP contribution in [0.1, 0.15) is 11.3 Å². The monoisotopic (exact) mass is 413 g/mol. The molecule has 0 spiro atoms. The summed E-state index contributed by atoms with van der Waals surface area (Å²) < 4.78 is 11.1. The number of hydrogen-bond donors (Lipinski definition) is 0. The van der Waals surface area contributed by atoms with Crippen molar-refractivity contribution < 1.29 is 14.4 Å². The van der Waals surface area contributed by atoms with Crippen molar-refractivity contribution in [1.82, 2.24) is 9.97 Å². The van der Waals surface area contributed by atoms with Crippen molar-refractivity contribution in [2.24, 2.45) is 0 Å². The second kappa shape index (κ2) is 9.04. The lowest BCUT2D eigenvalue weighted by atomic mass is 10.1. The first kappa shape index (κ1) is 20.0. The summed E-state index contributed by atoms with van der Waals surface area (Å²) in [6.45, 7) is 0. The van der Waals surface area contributed by atoms with Gasteiger partial charge in [0.25, 0.3) is 0 Å². The van der Waals surface area contributed by atoms with Gasteiger partial charge < -0.3 is 9.47 Å². The summed E-state index contributed by atoms with van der Waals surface area (Å²) in [6.07, 6.45) is 1.91. The third-order valence-electron chi connectivity index (χ3n) is 4.68. The first-order valence-electron chi connectivity index (χ1n) is 9.58. The molecule has 154 valence electrons. The molecule has 0 aliphatic rings. The molecule has 7 nitrogen and oxygen atoms in total. The van der Waals surface area contributed by atoms with Gasteiger partial charge in [0.2, 0.25) is 0 Å². The van der Waals surface area contributed by atoms with Crippen LogP contribution in [0, 0.1) is 10.1 Å². The fourth-order valence-electron chi connectivity index (χ4n) is 3.22. The molecule has 7 heteroatoms. The molecule has 4 aromatic rings. The molecule has 0 aliphatic carbocycles. The highest BCUT2D eigenvalue weighted by Gasteiger charge is 2.16. The summed E-state index contributed by atoms with van der Waals surface area (Å²) >= 11 is 0. The van der Waals surface area contributed by atoms with E-state index in [-0.39, 0.29) is 11.4 Å².